The molecule has 0 aromatic rings. The first-order chi connectivity index (χ1) is 9.69. The third kappa shape index (κ3) is 7.02. The Morgan fingerprint density at radius 1 is 0.550 bits per heavy atom. The summed E-state index contributed by atoms with van der Waals surface area (Å²) < 4.78 is 0. The quantitative estimate of drug-likeness (QED) is 0.774. The highest BCUT2D eigenvalue weighted by atomic mass is 15.2. The maximum absolute atomic E-state index is 2.61. The van der Waals surface area contributed by atoms with E-state index in [9.17, 15) is 0 Å². The molecule has 4 nitrogen and oxygen atoms in total. The van der Waals surface area contributed by atoms with Crippen molar-refractivity contribution in [2.75, 3.05) is 79.0 Å². The fourth-order valence-electron chi connectivity index (χ4n) is 2.82. The minimum absolute atomic E-state index is 1.17. The van der Waals surface area contributed by atoms with E-state index in [0.717, 1.165) is 0 Å². The van der Waals surface area contributed by atoms with Crippen molar-refractivity contribution in [1.82, 2.24) is 19.6 Å². The lowest BCUT2D eigenvalue weighted by atomic mass is 10.3. The van der Waals surface area contributed by atoms with Crippen molar-refractivity contribution >= 4 is 0 Å². The summed E-state index contributed by atoms with van der Waals surface area (Å²) in [6, 6.07) is 0. The van der Waals surface area contributed by atoms with Crippen LogP contribution in [0.4, 0.5) is 0 Å². The van der Waals surface area contributed by atoms with Crippen LogP contribution in [0.3, 0.4) is 0 Å². The van der Waals surface area contributed by atoms with E-state index in [1.165, 1.54) is 78.4 Å². The molecular formula is C16H36N4. The summed E-state index contributed by atoms with van der Waals surface area (Å²) in [6.45, 7) is 20.1. The van der Waals surface area contributed by atoms with E-state index in [4.69, 9.17) is 0 Å². The number of hydrogen-bond acceptors (Lipinski definition) is 4. The van der Waals surface area contributed by atoms with Gasteiger partial charge in [-0.2, -0.15) is 0 Å². The van der Waals surface area contributed by atoms with Crippen LogP contribution in [0.2, 0.25) is 0 Å². The highest BCUT2D eigenvalue weighted by Crippen LogP contribution is 2.00. The fourth-order valence-corrected chi connectivity index (χ4v) is 2.82. The van der Waals surface area contributed by atoms with Crippen LogP contribution in [-0.4, -0.2) is 98.6 Å². The van der Waals surface area contributed by atoms with Gasteiger partial charge in [0.05, 0.1) is 0 Å². The Morgan fingerprint density at radius 2 is 0.900 bits per heavy atom. The number of likely N-dealkylation sites (N-methyl/N-ethyl adjacent to an activating group) is 4. The third-order valence-electron chi connectivity index (χ3n) is 4.62. The van der Waals surface area contributed by atoms with Gasteiger partial charge in [-0.1, -0.05) is 20.8 Å². The summed E-state index contributed by atoms with van der Waals surface area (Å²) in [7, 11) is 2.26. The largest absolute Gasteiger partial charge is 0.304 e. The summed E-state index contributed by atoms with van der Waals surface area (Å²) in [4.78, 5) is 10.3. The molecule has 1 fully saturated rings. The van der Waals surface area contributed by atoms with E-state index >= 15 is 0 Å². The Labute approximate surface area is 126 Å². The van der Waals surface area contributed by atoms with Gasteiger partial charge in [-0.25, -0.2) is 0 Å². The predicted molar refractivity (Wildman–Crippen MR) is 88.5 cm³/mol. The lowest BCUT2D eigenvalue weighted by Crippen LogP contribution is -2.39. The molecule has 0 aliphatic carbocycles. The maximum Gasteiger partial charge on any atom is 0.0110 e. The minimum atomic E-state index is 1.17. The molecular weight excluding hydrogens is 248 g/mol. The van der Waals surface area contributed by atoms with Gasteiger partial charge in [-0.15, -0.1) is 0 Å². The molecule has 0 unspecified atom stereocenters. The average molecular weight is 284 g/mol. The van der Waals surface area contributed by atoms with Crippen molar-refractivity contribution in [1.29, 1.82) is 0 Å². The molecule has 1 saturated heterocycles. The van der Waals surface area contributed by atoms with Gasteiger partial charge < -0.3 is 19.6 Å². The average Bonchev–Trinajstić information content (AvgIpc) is 2.49. The van der Waals surface area contributed by atoms with E-state index in [0.29, 0.717) is 0 Å². The molecule has 0 aromatic heterocycles. The molecule has 0 amide bonds. The van der Waals surface area contributed by atoms with Gasteiger partial charge in [-0.3, -0.25) is 0 Å². The summed E-state index contributed by atoms with van der Waals surface area (Å²) in [5, 5.41) is 0. The Kier molecular flexibility index (Phi) is 9.44. The highest BCUT2D eigenvalue weighted by Gasteiger charge is 2.11. The molecule has 1 rings (SSSR count). The van der Waals surface area contributed by atoms with Gasteiger partial charge in [0.2, 0.25) is 0 Å². The van der Waals surface area contributed by atoms with Crippen LogP contribution in [0.1, 0.15) is 27.2 Å². The minimum Gasteiger partial charge on any atom is -0.304 e. The lowest BCUT2D eigenvalue weighted by Gasteiger charge is -2.27. The smallest absolute Gasteiger partial charge is 0.0110 e. The van der Waals surface area contributed by atoms with Crippen LogP contribution >= 0.6 is 0 Å². The maximum atomic E-state index is 2.61. The van der Waals surface area contributed by atoms with E-state index in [1.807, 2.05) is 0 Å². The molecule has 0 spiro atoms. The zero-order valence-electron chi connectivity index (χ0n) is 14.3. The van der Waals surface area contributed by atoms with Crippen molar-refractivity contribution in [3.8, 4) is 0 Å². The second-order valence-electron chi connectivity index (χ2n) is 5.96. The molecule has 1 aliphatic rings. The van der Waals surface area contributed by atoms with Crippen LogP contribution in [0.25, 0.3) is 0 Å². The second kappa shape index (κ2) is 10.6. The zero-order chi connectivity index (χ0) is 14.8. The molecule has 0 N–H and O–H groups in total. The van der Waals surface area contributed by atoms with Crippen molar-refractivity contribution < 1.29 is 0 Å². The van der Waals surface area contributed by atoms with Crippen LogP contribution in [0.5, 0.6) is 0 Å². The van der Waals surface area contributed by atoms with E-state index in [-0.39, 0.29) is 0 Å². The normalized spacial score (nSPS) is 24.0. The first-order valence-electron chi connectivity index (χ1n) is 8.55. The molecule has 0 saturated carbocycles. The molecule has 120 valence electrons. The van der Waals surface area contributed by atoms with Gasteiger partial charge in [0.25, 0.3) is 0 Å². The first kappa shape index (κ1) is 17.9. The predicted octanol–water partition coefficient (Wildman–Crippen LogP) is 1.29. The summed E-state index contributed by atoms with van der Waals surface area (Å²) in [5.74, 6) is 0. The van der Waals surface area contributed by atoms with Gasteiger partial charge >= 0.3 is 0 Å². The SMILES string of the molecule is CCN1CCCN(CC)CCN(CC)CCN(C)CC1. The zero-order valence-corrected chi connectivity index (χ0v) is 14.3. The molecule has 0 bridgehead atoms. The number of rotatable bonds is 3. The van der Waals surface area contributed by atoms with E-state index in [2.05, 4.69) is 47.4 Å². The van der Waals surface area contributed by atoms with Gasteiger partial charge in [0, 0.05) is 39.3 Å². The second-order valence-corrected chi connectivity index (χ2v) is 5.96. The van der Waals surface area contributed by atoms with Gasteiger partial charge in [-0.05, 0) is 46.2 Å². The molecule has 1 aliphatic heterocycles. The summed E-state index contributed by atoms with van der Waals surface area (Å²) in [6.07, 6.45) is 1.30. The number of nitrogens with zero attached hydrogens (tertiary/aromatic N) is 4. The Morgan fingerprint density at radius 3 is 1.30 bits per heavy atom. The van der Waals surface area contributed by atoms with Gasteiger partial charge in [0.15, 0.2) is 0 Å². The monoisotopic (exact) mass is 284 g/mol. The molecule has 20 heavy (non-hydrogen) atoms. The van der Waals surface area contributed by atoms with Crippen molar-refractivity contribution in [3.05, 3.63) is 0 Å². The Balaban J connectivity index is 2.54. The van der Waals surface area contributed by atoms with Crippen LogP contribution in [0.15, 0.2) is 0 Å². The summed E-state index contributed by atoms with van der Waals surface area (Å²) in [5.41, 5.74) is 0. The van der Waals surface area contributed by atoms with Crippen molar-refractivity contribution in [3.63, 3.8) is 0 Å². The molecule has 0 radical (unpaired) electrons. The Hall–Kier alpha value is -0.160. The molecule has 1 heterocycles. The molecule has 0 atom stereocenters. The van der Waals surface area contributed by atoms with E-state index in [1.54, 1.807) is 0 Å². The van der Waals surface area contributed by atoms with Crippen molar-refractivity contribution in [2.24, 2.45) is 0 Å². The van der Waals surface area contributed by atoms with Crippen LogP contribution in [-0.2, 0) is 0 Å². The topological polar surface area (TPSA) is 13.0 Å². The fraction of sp³-hybridized carbons (Fsp3) is 1.00. The van der Waals surface area contributed by atoms with Crippen LogP contribution in [0, 0.1) is 0 Å². The van der Waals surface area contributed by atoms with Gasteiger partial charge in [0.1, 0.15) is 0 Å². The summed E-state index contributed by atoms with van der Waals surface area (Å²) >= 11 is 0. The van der Waals surface area contributed by atoms with Crippen molar-refractivity contribution in [2.45, 2.75) is 27.2 Å². The van der Waals surface area contributed by atoms with Crippen LogP contribution < -0.4 is 0 Å². The molecule has 4 heteroatoms. The first-order valence-corrected chi connectivity index (χ1v) is 8.55. The highest BCUT2D eigenvalue weighted by molar-refractivity contribution is 4.67. The van der Waals surface area contributed by atoms with E-state index < -0.39 is 0 Å². The molecule has 0 aromatic carbocycles. The third-order valence-corrected chi connectivity index (χ3v) is 4.62. The Bertz CT molecular complexity index is 235. The lowest BCUT2D eigenvalue weighted by molar-refractivity contribution is 0.196. The standard InChI is InChI=1S/C16H36N4/c1-5-18-9-8-10-19(6-2)15-16-20(7-3)14-12-17(4)11-13-18/h5-16H2,1-4H3. The number of hydrogen-bond donors (Lipinski definition) is 0.